The van der Waals surface area contributed by atoms with Gasteiger partial charge in [0.25, 0.3) is 5.91 Å². The Labute approximate surface area is 259 Å². The molecule has 4 aromatic rings. The molecule has 11 nitrogen and oxygen atoms in total. The third-order valence-electron chi connectivity index (χ3n) is 8.16. The Morgan fingerprint density at radius 3 is 2.45 bits per heavy atom. The fourth-order valence-electron chi connectivity index (χ4n) is 5.96. The maximum absolute atomic E-state index is 13.6. The molecule has 0 bridgehead atoms. The smallest absolute Gasteiger partial charge is 0.301 e. The Morgan fingerprint density at radius 1 is 0.955 bits per heavy atom. The Kier molecular flexibility index (Phi) is 8.85. The summed E-state index contributed by atoms with van der Waals surface area (Å²) in [6.07, 6.45) is 1.71. The van der Waals surface area contributed by atoms with Crippen molar-refractivity contribution in [3.8, 4) is 0 Å². The Bertz CT molecular complexity index is 1670. The average Bonchev–Trinajstić information content (AvgIpc) is 3.45. The number of anilines is 2. The number of aromatic nitrogens is 2. The highest BCUT2D eigenvalue weighted by Gasteiger charge is 2.32. The van der Waals surface area contributed by atoms with Gasteiger partial charge in [-0.05, 0) is 55.8 Å². The second-order valence-corrected chi connectivity index (χ2v) is 13.4. The minimum atomic E-state index is -3.72. The van der Waals surface area contributed by atoms with Gasteiger partial charge >= 0.3 is 10.2 Å². The number of H-pyrrole nitrogens is 1. The molecule has 2 aromatic heterocycles. The van der Waals surface area contributed by atoms with Crippen LogP contribution in [0.2, 0.25) is 0 Å². The van der Waals surface area contributed by atoms with Gasteiger partial charge in [-0.2, -0.15) is 12.7 Å². The zero-order chi connectivity index (χ0) is 30.7. The zero-order valence-electron chi connectivity index (χ0n) is 25.2. The summed E-state index contributed by atoms with van der Waals surface area (Å²) in [5.41, 5.74) is 2.93. The summed E-state index contributed by atoms with van der Waals surface area (Å²) in [4.78, 5) is 27.7. The van der Waals surface area contributed by atoms with E-state index >= 15 is 0 Å². The number of carbonyl (C=O) groups excluding carboxylic acids is 1. The Hall–Kier alpha value is -3.97. The van der Waals surface area contributed by atoms with Crippen molar-refractivity contribution in [3.05, 3.63) is 90.3 Å². The average molecular weight is 617 g/mol. The molecule has 1 amide bonds. The molecule has 2 aromatic carbocycles. The number of hydrogen-bond acceptors (Lipinski definition) is 7. The lowest BCUT2D eigenvalue weighted by atomic mass is 10.2. The lowest BCUT2D eigenvalue weighted by molar-refractivity contribution is 0.0702. The van der Waals surface area contributed by atoms with E-state index in [-0.39, 0.29) is 18.1 Å². The van der Waals surface area contributed by atoms with Crippen molar-refractivity contribution in [2.45, 2.75) is 32.6 Å². The van der Waals surface area contributed by atoms with Crippen molar-refractivity contribution >= 4 is 38.5 Å². The summed E-state index contributed by atoms with van der Waals surface area (Å²) in [5.74, 6) is 0.792. The first kappa shape index (κ1) is 30.1. The van der Waals surface area contributed by atoms with Crippen molar-refractivity contribution < 1.29 is 13.2 Å². The van der Waals surface area contributed by atoms with Crippen molar-refractivity contribution in [2.24, 2.45) is 0 Å². The van der Waals surface area contributed by atoms with Crippen LogP contribution in [0.1, 0.15) is 29.9 Å². The first-order valence-electron chi connectivity index (χ1n) is 15.1. The molecule has 1 atom stereocenters. The molecule has 0 spiro atoms. The van der Waals surface area contributed by atoms with E-state index in [1.807, 2.05) is 47.4 Å². The van der Waals surface area contributed by atoms with Gasteiger partial charge in [0.1, 0.15) is 11.5 Å². The van der Waals surface area contributed by atoms with Crippen LogP contribution in [0.4, 0.5) is 11.5 Å². The Morgan fingerprint density at radius 2 is 1.73 bits per heavy atom. The number of nitrogens with one attached hydrogen (secondary N) is 3. The van der Waals surface area contributed by atoms with Gasteiger partial charge in [0.2, 0.25) is 0 Å². The SMILES string of the molecule is CC(C)NC1CN(C(=O)c2cc3cc(NS(=O)(=O)N4CCN(Cc5ccccc5)CC4)ccc3[nH]2)CCN1c1ccccn1. The molecule has 4 heterocycles. The van der Waals surface area contributed by atoms with Crippen LogP contribution in [0.15, 0.2) is 79.0 Å². The van der Waals surface area contributed by atoms with Crippen LogP contribution in [0.5, 0.6) is 0 Å². The van der Waals surface area contributed by atoms with Crippen LogP contribution in [0.3, 0.4) is 0 Å². The van der Waals surface area contributed by atoms with E-state index in [0.29, 0.717) is 57.2 Å². The summed E-state index contributed by atoms with van der Waals surface area (Å²) in [5, 5.41) is 4.34. The molecule has 44 heavy (non-hydrogen) atoms. The third kappa shape index (κ3) is 6.88. The highest BCUT2D eigenvalue weighted by molar-refractivity contribution is 7.90. The molecule has 232 valence electrons. The fraction of sp³-hybridized carbons (Fsp3) is 0.375. The minimum Gasteiger partial charge on any atom is -0.351 e. The molecule has 1 unspecified atom stereocenters. The van der Waals surface area contributed by atoms with Gasteiger partial charge in [-0.15, -0.1) is 0 Å². The van der Waals surface area contributed by atoms with Crippen LogP contribution in [-0.4, -0.2) is 96.4 Å². The highest BCUT2D eigenvalue weighted by Crippen LogP contribution is 2.24. The number of carbonyl (C=O) groups is 1. The standard InChI is InChI=1S/C32H40N8O3S/c1-24(2)34-31-23-38(16-19-40(31)30-10-6-7-13-33-30)32(41)29-21-26-20-27(11-12-28(26)35-29)36-44(42,43)39-17-14-37(15-18-39)22-25-8-4-3-5-9-25/h3-13,20-21,24,31,34-36H,14-19,22-23H2,1-2H3. The van der Waals surface area contributed by atoms with Crippen LogP contribution in [-0.2, 0) is 16.8 Å². The summed E-state index contributed by atoms with van der Waals surface area (Å²) in [6.45, 7) is 8.89. The molecule has 2 saturated heterocycles. The number of benzene rings is 2. The van der Waals surface area contributed by atoms with Crippen molar-refractivity contribution in [1.29, 1.82) is 0 Å². The Balaban J connectivity index is 1.09. The monoisotopic (exact) mass is 616 g/mol. The van der Waals surface area contributed by atoms with Gasteiger partial charge in [-0.1, -0.05) is 36.4 Å². The predicted molar refractivity (Wildman–Crippen MR) is 174 cm³/mol. The minimum absolute atomic E-state index is 0.0757. The predicted octanol–water partition coefficient (Wildman–Crippen LogP) is 3.32. The van der Waals surface area contributed by atoms with Gasteiger partial charge < -0.3 is 14.8 Å². The molecule has 3 N–H and O–H groups in total. The quantitative estimate of drug-likeness (QED) is 0.264. The number of fused-ring (bicyclic) bond motifs is 1. The first-order valence-corrected chi connectivity index (χ1v) is 16.6. The van der Waals surface area contributed by atoms with E-state index < -0.39 is 10.2 Å². The van der Waals surface area contributed by atoms with Gasteiger partial charge in [0.15, 0.2) is 0 Å². The van der Waals surface area contributed by atoms with E-state index in [0.717, 1.165) is 23.3 Å². The van der Waals surface area contributed by atoms with Gasteiger partial charge in [0, 0.05) is 69.0 Å². The number of amides is 1. The first-order chi connectivity index (χ1) is 21.2. The molecule has 2 aliphatic heterocycles. The molecule has 2 fully saturated rings. The van der Waals surface area contributed by atoms with Gasteiger partial charge in [-0.25, -0.2) is 4.98 Å². The number of hydrogen-bond donors (Lipinski definition) is 3. The maximum atomic E-state index is 13.6. The summed E-state index contributed by atoms with van der Waals surface area (Å²) in [7, 11) is -3.72. The normalized spacial score (nSPS) is 18.7. The molecule has 0 radical (unpaired) electrons. The van der Waals surface area contributed by atoms with Gasteiger partial charge in [-0.3, -0.25) is 19.7 Å². The van der Waals surface area contributed by atoms with Crippen LogP contribution >= 0.6 is 0 Å². The number of rotatable bonds is 9. The van der Waals surface area contributed by atoms with E-state index in [1.54, 1.807) is 24.4 Å². The molecular weight excluding hydrogens is 576 g/mol. The van der Waals surface area contributed by atoms with E-state index in [1.165, 1.54) is 9.87 Å². The van der Waals surface area contributed by atoms with E-state index in [4.69, 9.17) is 0 Å². The number of pyridine rings is 1. The second kappa shape index (κ2) is 12.9. The molecular formula is C32H40N8O3S. The van der Waals surface area contributed by atoms with Crippen molar-refractivity contribution in [2.75, 3.05) is 55.4 Å². The lowest BCUT2D eigenvalue weighted by Crippen LogP contribution is -2.61. The second-order valence-electron chi connectivity index (χ2n) is 11.7. The molecule has 0 aliphatic carbocycles. The molecule has 6 rings (SSSR count). The zero-order valence-corrected chi connectivity index (χ0v) is 26.0. The molecule has 2 aliphatic rings. The van der Waals surface area contributed by atoms with E-state index in [2.05, 4.69) is 55.8 Å². The largest absolute Gasteiger partial charge is 0.351 e. The van der Waals surface area contributed by atoms with Crippen molar-refractivity contribution in [1.82, 2.24) is 29.4 Å². The number of nitrogens with zero attached hydrogens (tertiary/aromatic N) is 5. The van der Waals surface area contributed by atoms with Crippen LogP contribution in [0.25, 0.3) is 10.9 Å². The summed E-state index contributed by atoms with van der Waals surface area (Å²) in [6, 6.07) is 23.4. The van der Waals surface area contributed by atoms with Gasteiger partial charge in [0.05, 0.1) is 18.4 Å². The molecule has 0 saturated carbocycles. The topological polar surface area (TPSA) is 117 Å². The lowest BCUT2D eigenvalue weighted by Gasteiger charge is -2.43. The summed E-state index contributed by atoms with van der Waals surface area (Å²) < 4.78 is 30.7. The van der Waals surface area contributed by atoms with Crippen LogP contribution in [0, 0.1) is 0 Å². The molecule has 12 heteroatoms. The summed E-state index contributed by atoms with van der Waals surface area (Å²) >= 11 is 0. The highest BCUT2D eigenvalue weighted by atomic mass is 32.2. The number of aromatic amines is 1. The maximum Gasteiger partial charge on any atom is 0.301 e. The number of piperazine rings is 2. The third-order valence-corrected chi connectivity index (χ3v) is 9.69. The van der Waals surface area contributed by atoms with E-state index in [9.17, 15) is 13.2 Å². The fourth-order valence-corrected chi connectivity index (χ4v) is 7.16. The van der Waals surface area contributed by atoms with Crippen LogP contribution < -0.4 is 14.9 Å². The van der Waals surface area contributed by atoms with Crippen molar-refractivity contribution in [3.63, 3.8) is 0 Å².